The van der Waals surface area contributed by atoms with Crippen LogP contribution in [-0.2, 0) is 11.2 Å². The highest BCUT2D eigenvalue weighted by atomic mass is 16.5. The fraction of sp³-hybridized carbons (Fsp3) is 0.235. The molecular weight excluding hydrogens is 266 g/mol. The Hall–Kier alpha value is -2.49. The molecule has 0 fully saturated rings. The lowest BCUT2D eigenvalue weighted by Crippen LogP contribution is -2.10. The Kier molecular flexibility index (Phi) is 5.21. The summed E-state index contributed by atoms with van der Waals surface area (Å²) in [6.07, 6.45) is 1.65. The number of hydrogen-bond acceptors (Lipinski definition) is 4. The van der Waals surface area contributed by atoms with Crippen LogP contribution in [0.1, 0.15) is 22.3 Å². The van der Waals surface area contributed by atoms with E-state index in [9.17, 15) is 4.79 Å². The summed E-state index contributed by atoms with van der Waals surface area (Å²) in [6.45, 7) is 0.365. The SMILES string of the molecule is COc1ccc(N)c(C(=O)OCCCc2ccccc2)c1. The van der Waals surface area contributed by atoms with Gasteiger partial charge in [-0.25, -0.2) is 4.79 Å². The molecule has 0 aliphatic heterocycles. The minimum absolute atomic E-state index is 0.342. The summed E-state index contributed by atoms with van der Waals surface area (Å²) >= 11 is 0. The zero-order valence-corrected chi connectivity index (χ0v) is 12.0. The van der Waals surface area contributed by atoms with Crippen molar-refractivity contribution >= 4 is 11.7 Å². The van der Waals surface area contributed by atoms with Crippen LogP contribution < -0.4 is 10.5 Å². The lowest BCUT2D eigenvalue weighted by atomic mass is 10.1. The molecule has 4 heteroatoms. The van der Waals surface area contributed by atoms with Gasteiger partial charge in [0.05, 0.1) is 19.3 Å². The Morgan fingerprint density at radius 1 is 1.14 bits per heavy atom. The van der Waals surface area contributed by atoms with E-state index in [0.29, 0.717) is 23.6 Å². The summed E-state index contributed by atoms with van der Waals surface area (Å²) in [5.74, 6) is 0.167. The van der Waals surface area contributed by atoms with Crippen LogP contribution in [0.25, 0.3) is 0 Å². The number of aryl methyl sites for hydroxylation is 1. The quantitative estimate of drug-likeness (QED) is 0.503. The van der Waals surface area contributed by atoms with Gasteiger partial charge in [0.15, 0.2) is 0 Å². The summed E-state index contributed by atoms with van der Waals surface area (Å²) in [6, 6.07) is 15.0. The van der Waals surface area contributed by atoms with E-state index in [1.54, 1.807) is 25.3 Å². The molecule has 21 heavy (non-hydrogen) atoms. The molecule has 0 radical (unpaired) electrons. The normalized spacial score (nSPS) is 10.1. The van der Waals surface area contributed by atoms with E-state index in [0.717, 1.165) is 12.8 Å². The molecule has 0 aliphatic carbocycles. The molecule has 0 unspecified atom stereocenters. The van der Waals surface area contributed by atoms with Crippen molar-refractivity contribution in [2.45, 2.75) is 12.8 Å². The van der Waals surface area contributed by atoms with Crippen LogP contribution in [0.4, 0.5) is 5.69 Å². The topological polar surface area (TPSA) is 61.5 Å². The van der Waals surface area contributed by atoms with Crippen LogP contribution in [0.2, 0.25) is 0 Å². The summed E-state index contributed by atoms with van der Waals surface area (Å²) in [5, 5.41) is 0. The van der Waals surface area contributed by atoms with Gasteiger partial charge in [0.2, 0.25) is 0 Å². The number of anilines is 1. The molecule has 0 heterocycles. The van der Waals surface area contributed by atoms with Crippen molar-refractivity contribution in [3.8, 4) is 5.75 Å². The molecule has 0 saturated carbocycles. The standard InChI is InChI=1S/C17H19NO3/c1-20-14-9-10-16(18)15(12-14)17(19)21-11-5-8-13-6-3-2-4-7-13/h2-4,6-7,9-10,12H,5,8,11,18H2,1H3. The molecule has 0 bridgehead atoms. The smallest absolute Gasteiger partial charge is 0.340 e. The van der Waals surface area contributed by atoms with Crippen molar-refractivity contribution in [3.05, 3.63) is 59.7 Å². The minimum Gasteiger partial charge on any atom is -0.497 e. The monoisotopic (exact) mass is 285 g/mol. The van der Waals surface area contributed by atoms with E-state index in [2.05, 4.69) is 12.1 Å². The molecule has 4 nitrogen and oxygen atoms in total. The third-order valence-corrected chi connectivity index (χ3v) is 3.17. The van der Waals surface area contributed by atoms with Crippen molar-refractivity contribution in [1.82, 2.24) is 0 Å². The molecular formula is C17H19NO3. The van der Waals surface area contributed by atoms with Crippen LogP contribution in [-0.4, -0.2) is 19.7 Å². The van der Waals surface area contributed by atoms with Gasteiger partial charge in [-0.2, -0.15) is 0 Å². The zero-order chi connectivity index (χ0) is 15.1. The Bertz CT molecular complexity index is 596. The molecule has 0 aliphatic rings. The maximum atomic E-state index is 12.0. The summed E-state index contributed by atoms with van der Waals surface area (Å²) in [5.41, 5.74) is 7.75. The lowest BCUT2D eigenvalue weighted by Gasteiger charge is -2.08. The first-order chi connectivity index (χ1) is 10.2. The highest BCUT2D eigenvalue weighted by molar-refractivity contribution is 5.95. The predicted molar refractivity (Wildman–Crippen MR) is 82.5 cm³/mol. The summed E-state index contributed by atoms with van der Waals surface area (Å²) in [7, 11) is 1.54. The number of methoxy groups -OCH3 is 1. The number of hydrogen-bond donors (Lipinski definition) is 1. The Morgan fingerprint density at radius 2 is 1.90 bits per heavy atom. The lowest BCUT2D eigenvalue weighted by molar-refractivity contribution is 0.0501. The van der Waals surface area contributed by atoms with E-state index in [1.807, 2.05) is 18.2 Å². The first-order valence-corrected chi connectivity index (χ1v) is 6.85. The first-order valence-electron chi connectivity index (χ1n) is 6.85. The molecule has 2 N–H and O–H groups in total. The van der Waals surface area contributed by atoms with Crippen molar-refractivity contribution in [3.63, 3.8) is 0 Å². The molecule has 0 atom stereocenters. The van der Waals surface area contributed by atoms with Crippen molar-refractivity contribution < 1.29 is 14.3 Å². The molecule has 2 aromatic rings. The van der Waals surface area contributed by atoms with Gasteiger partial charge >= 0.3 is 5.97 Å². The fourth-order valence-corrected chi connectivity index (χ4v) is 2.00. The summed E-state index contributed by atoms with van der Waals surface area (Å²) < 4.78 is 10.3. The third kappa shape index (κ3) is 4.24. The van der Waals surface area contributed by atoms with Gasteiger partial charge in [-0.15, -0.1) is 0 Å². The van der Waals surface area contributed by atoms with Gasteiger partial charge in [0.1, 0.15) is 5.75 Å². The Morgan fingerprint density at radius 3 is 2.62 bits per heavy atom. The molecule has 0 spiro atoms. The highest BCUT2D eigenvalue weighted by Gasteiger charge is 2.12. The number of carbonyl (C=O) groups is 1. The zero-order valence-electron chi connectivity index (χ0n) is 12.0. The van der Waals surface area contributed by atoms with Crippen LogP contribution in [0.15, 0.2) is 48.5 Å². The van der Waals surface area contributed by atoms with Crippen molar-refractivity contribution in [2.75, 3.05) is 19.5 Å². The van der Waals surface area contributed by atoms with Crippen molar-refractivity contribution in [1.29, 1.82) is 0 Å². The van der Waals surface area contributed by atoms with Gasteiger partial charge in [-0.3, -0.25) is 0 Å². The minimum atomic E-state index is -0.417. The average Bonchev–Trinajstić information content (AvgIpc) is 2.53. The molecule has 2 aromatic carbocycles. The van der Waals surface area contributed by atoms with Crippen LogP contribution in [0.5, 0.6) is 5.75 Å². The van der Waals surface area contributed by atoms with E-state index in [1.165, 1.54) is 5.56 Å². The van der Waals surface area contributed by atoms with E-state index < -0.39 is 5.97 Å². The highest BCUT2D eigenvalue weighted by Crippen LogP contribution is 2.20. The summed E-state index contributed by atoms with van der Waals surface area (Å²) in [4.78, 5) is 12.0. The molecule has 0 saturated heterocycles. The second-order valence-electron chi connectivity index (χ2n) is 4.68. The van der Waals surface area contributed by atoms with Crippen LogP contribution in [0.3, 0.4) is 0 Å². The number of benzene rings is 2. The Labute approximate surface area is 124 Å². The fourth-order valence-electron chi connectivity index (χ4n) is 2.00. The van der Waals surface area contributed by atoms with E-state index in [-0.39, 0.29) is 0 Å². The van der Waals surface area contributed by atoms with Crippen LogP contribution in [0, 0.1) is 0 Å². The van der Waals surface area contributed by atoms with Gasteiger partial charge in [0.25, 0.3) is 0 Å². The van der Waals surface area contributed by atoms with Gasteiger partial charge in [-0.05, 0) is 36.6 Å². The number of rotatable bonds is 6. The Balaban J connectivity index is 1.84. The van der Waals surface area contributed by atoms with Gasteiger partial charge in [-0.1, -0.05) is 30.3 Å². The number of nitrogen functional groups attached to an aromatic ring is 1. The maximum Gasteiger partial charge on any atom is 0.340 e. The van der Waals surface area contributed by atoms with Crippen molar-refractivity contribution in [2.24, 2.45) is 0 Å². The second-order valence-corrected chi connectivity index (χ2v) is 4.68. The predicted octanol–water partition coefficient (Wildman–Crippen LogP) is 3.07. The molecule has 0 amide bonds. The average molecular weight is 285 g/mol. The largest absolute Gasteiger partial charge is 0.497 e. The van der Waals surface area contributed by atoms with E-state index in [4.69, 9.17) is 15.2 Å². The third-order valence-electron chi connectivity index (χ3n) is 3.17. The second kappa shape index (κ2) is 7.33. The van der Waals surface area contributed by atoms with Crippen LogP contribution >= 0.6 is 0 Å². The molecule has 2 rings (SSSR count). The molecule has 110 valence electrons. The number of ether oxygens (including phenoxy) is 2. The number of esters is 1. The number of carbonyl (C=O) groups excluding carboxylic acids is 1. The first kappa shape index (κ1) is 14.9. The van der Waals surface area contributed by atoms with Gasteiger partial charge < -0.3 is 15.2 Å². The van der Waals surface area contributed by atoms with E-state index >= 15 is 0 Å². The molecule has 0 aromatic heterocycles. The maximum absolute atomic E-state index is 12.0. The van der Waals surface area contributed by atoms with Gasteiger partial charge in [0, 0.05) is 5.69 Å². The number of nitrogens with two attached hydrogens (primary N) is 1.